The molecule has 0 amide bonds. The Kier molecular flexibility index (Phi) is 40.1. The van der Waals surface area contributed by atoms with Gasteiger partial charge < -0.3 is 20.4 Å². The van der Waals surface area contributed by atoms with Gasteiger partial charge in [0.2, 0.25) is 0 Å². The summed E-state index contributed by atoms with van der Waals surface area (Å²) >= 11 is 0. The summed E-state index contributed by atoms with van der Waals surface area (Å²) in [5.74, 6) is -0.653. The number of hydrogen-bond donors (Lipinski definition) is 4. The van der Waals surface area contributed by atoms with Crippen LogP contribution >= 0.6 is 0 Å². The van der Waals surface area contributed by atoms with Gasteiger partial charge in [-0.1, -0.05) is 117 Å². The highest BCUT2D eigenvalue weighted by Crippen LogP contribution is 2.13. The molecular weight excluding hydrogens is 418 g/mol. The van der Waals surface area contributed by atoms with E-state index in [1.165, 1.54) is 89.9 Å². The normalized spacial score (nSPS) is 10.4. The zero-order valence-electron chi connectivity index (χ0n) is 22.4. The summed E-state index contributed by atoms with van der Waals surface area (Å²) in [7, 11) is 0. The topological polar surface area (TPSA) is 101 Å². The predicted octanol–water partition coefficient (Wildman–Crippen LogP) is 6.01. The predicted molar refractivity (Wildman–Crippen MR) is 141 cm³/mol. The van der Waals surface area contributed by atoms with Gasteiger partial charge in [-0.05, 0) is 6.42 Å². The summed E-state index contributed by atoms with van der Waals surface area (Å²) in [6.45, 7) is 8.27. The van der Waals surface area contributed by atoms with Crippen LogP contribution in [0, 0.1) is 0 Å². The molecule has 0 saturated heterocycles. The molecule has 33 heavy (non-hydrogen) atoms. The maximum Gasteiger partial charge on any atom is 0.303 e. The molecule has 0 aliphatic carbocycles. The number of hydrogen-bond acceptors (Lipinski definition) is 5. The molecule has 0 aliphatic heterocycles. The fraction of sp³-hybridized carbons (Fsp3) is 0.963. The van der Waals surface area contributed by atoms with Crippen LogP contribution in [0.25, 0.3) is 0 Å². The van der Waals surface area contributed by atoms with Gasteiger partial charge in [0.05, 0.1) is 19.8 Å². The van der Waals surface area contributed by atoms with Crippen molar-refractivity contribution in [1.29, 1.82) is 0 Å². The molecule has 6 nitrogen and oxygen atoms in total. The van der Waals surface area contributed by atoms with Crippen molar-refractivity contribution < 1.29 is 25.2 Å². The number of carboxylic acids is 1. The lowest BCUT2D eigenvalue weighted by atomic mass is 10.0. The fourth-order valence-corrected chi connectivity index (χ4v) is 3.41. The molecular formula is C27H59NO5. The quantitative estimate of drug-likeness (QED) is 0.142. The Labute approximate surface area is 205 Å². The molecule has 4 N–H and O–H groups in total. The monoisotopic (exact) mass is 477 g/mol. The zero-order valence-corrected chi connectivity index (χ0v) is 22.4. The van der Waals surface area contributed by atoms with Crippen LogP contribution in [0.3, 0.4) is 0 Å². The maximum atomic E-state index is 10.3. The SMILES string of the molecule is CCC.CCCCCCCCCCCCCCCCCC(=O)O.OCCN(CCO)CCO. The van der Waals surface area contributed by atoms with Crippen LogP contribution < -0.4 is 0 Å². The van der Waals surface area contributed by atoms with Gasteiger partial charge >= 0.3 is 5.97 Å². The third kappa shape index (κ3) is 42.0. The smallest absolute Gasteiger partial charge is 0.303 e. The third-order valence-electron chi connectivity index (χ3n) is 5.24. The number of unbranched alkanes of at least 4 members (excludes halogenated alkanes) is 14. The number of aliphatic hydroxyl groups excluding tert-OH is 3. The van der Waals surface area contributed by atoms with Crippen molar-refractivity contribution in [1.82, 2.24) is 4.90 Å². The minimum Gasteiger partial charge on any atom is -0.481 e. The largest absolute Gasteiger partial charge is 0.481 e. The Bertz CT molecular complexity index is 328. The lowest BCUT2D eigenvalue weighted by Crippen LogP contribution is -2.32. The van der Waals surface area contributed by atoms with Gasteiger partial charge in [-0.15, -0.1) is 0 Å². The van der Waals surface area contributed by atoms with Gasteiger partial charge in [0.1, 0.15) is 0 Å². The molecule has 0 radical (unpaired) electrons. The Morgan fingerprint density at radius 2 is 0.818 bits per heavy atom. The van der Waals surface area contributed by atoms with Gasteiger partial charge in [-0.25, -0.2) is 0 Å². The molecule has 0 fully saturated rings. The first kappa shape index (κ1) is 36.9. The Balaban J connectivity index is -0.000000576. The van der Waals surface area contributed by atoms with Gasteiger partial charge in [-0.2, -0.15) is 0 Å². The van der Waals surface area contributed by atoms with Crippen molar-refractivity contribution in [3.63, 3.8) is 0 Å². The maximum absolute atomic E-state index is 10.3. The van der Waals surface area contributed by atoms with E-state index in [2.05, 4.69) is 20.8 Å². The summed E-state index contributed by atoms with van der Waals surface area (Å²) < 4.78 is 0. The van der Waals surface area contributed by atoms with Gasteiger partial charge in [0, 0.05) is 26.1 Å². The molecule has 0 rings (SSSR count). The standard InChI is InChI=1S/C18H36O2.C6H15NO3.C3H8/c1-2-3-4-5-6-7-8-9-10-11-12-13-14-15-16-17-18(19)20;8-4-1-7(2-5-9)3-6-10;1-3-2/h2-17H2,1H3,(H,19,20);8-10H,1-6H2;3H2,1-2H3. The van der Waals surface area contributed by atoms with E-state index in [0.29, 0.717) is 26.1 Å². The van der Waals surface area contributed by atoms with E-state index in [-0.39, 0.29) is 19.8 Å². The van der Waals surface area contributed by atoms with E-state index in [1.54, 1.807) is 4.90 Å². The van der Waals surface area contributed by atoms with E-state index < -0.39 is 5.97 Å². The van der Waals surface area contributed by atoms with Crippen molar-refractivity contribution in [2.24, 2.45) is 0 Å². The minimum atomic E-state index is -0.653. The Morgan fingerprint density at radius 3 is 1.06 bits per heavy atom. The van der Waals surface area contributed by atoms with E-state index in [4.69, 9.17) is 20.4 Å². The summed E-state index contributed by atoms with van der Waals surface area (Å²) in [5, 5.41) is 34.0. The molecule has 0 spiro atoms. The highest BCUT2D eigenvalue weighted by molar-refractivity contribution is 5.66. The number of rotatable bonds is 22. The number of nitrogens with zero attached hydrogens (tertiary/aromatic N) is 1. The molecule has 0 unspecified atom stereocenters. The molecule has 202 valence electrons. The first-order valence-electron chi connectivity index (χ1n) is 13.8. The second kappa shape index (κ2) is 35.9. The van der Waals surface area contributed by atoms with Gasteiger partial charge in [0.15, 0.2) is 0 Å². The van der Waals surface area contributed by atoms with Crippen LogP contribution in [-0.2, 0) is 4.79 Å². The number of carboxylic acid groups (broad SMARTS) is 1. The van der Waals surface area contributed by atoms with Crippen molar-refractivity contribution >= 4 is 5.97 Å². The zero-order chi connectivity index (χ0) is 25.4. The highest BCUT2D eigenvalue weighted by Gasteiger charge is 2.00. The molecule has 0 aromatic rings. The van der Waals surface area contributed by atoms with E-state index in [0.717, 1.165) is 12.8 Å². The number of aliphatic carboxylic acids is 1. The van der Waals surface area contributed by atoms with E-state index in [1.807, 2.05) is 0 Å². The van der Waals surface area contributed by atoms with Crippen LogP contribution in [0.2, 0.25) is 0 Å². The lowest BCUT2D eigenvalue weighted by molar-refractivity contribution is -0.137. The first-order chi connectivity index (χ1) is 16.0. The van der Waals surface area contributed by atoms with Crippen LogP contribution in [0.4, 0.5) is 0 Å². The van der Waals surface area contributed by atoms with Crippen LogP contribution in [0.1, 0.15) is 130 Å². The second-order valence-electron chi connectivity index (χ2n) is 8.81. The average molecular weight is 478 g/mol. The van der Waals surface area contributed by atoms with E-state index >= 15 is 0 Å². The second-order valence-corrected chi connectivity index (χ2v) is 8.81. The highest BCUT2D eigenvalue weighted by atomic mass is 16.4. The molecule has 0 aliphatic rings. The van der Waals surface area contributed by atoms with Crippen molar-refractivity contribution in [2.75, 3.05) is 39.5 Å². The summed E-state index contributed by atoms with van der Waals surface area (Å²) in [6.07, 6.45) is 21.4. The Morgan fingerprint density at radius 1 is 0.545 bits per heavy atom. The van der Waals surface area contributed by atoms with Gasteiger partial charge in [-0.3, -0.25) is 9.69 Å². The van der Waals surface area contributed by atoms with Crippen molar-refractivity contribution in [3.05, 3.63) is 0 Å². The molecule has 6 heteroatoms. The van der Waals surface area contributed by atoms with Gasteiger partial charge in [0.25, 0.3) is 0 Å². The molecule has 0 bridgehead atoms. The lowest BCUT2D eigenvalue weighted by Gasteiger charge is -2.17. The van der Waals surface area contributed by atoms with Crippen LogP contribution in [0.15, 0.2) is 0 Å². The fourth-order valence-electron chi connectivity index (χ4n) is 3.41. The molecule has 0 heterocycles. The van der Waals surface area contributed by atoms with Crippen molar-refractivity contribution in [3.8, 4) is 0 Å². The number of carbonyl (C=O) groups is 1. The van der Waals surface area contributed by atoms with Crippen molar-refractivity contribution in [2.45, 2.75) is 130 Å². The molecule has 0 saturated carbocycles. The first-order valence-corrected chi connectivity index (χ1v) is 13.8. The summed E-state index contributed by atoms with van der Waals surface area (Å²) in [6, 6.07) is 0. The average Bonchev–Trinajstić information content (AvgIpc) is 2.78. The van der Waals surface area contributed by atoms with Crippen LogP contribution in [-0.4, -0.2) is 70.8 Å². The number of aliphatic hydroxyl groups is 3. The summed E-state index contributed by atoms with van der Waals surface area (Å²) in [5.41, 5.74) is 0. The van der Waals surface area contributed by atoms with Crippen LogP contribution in [0.5, 0.6) is 0 Å². The summed E-state index contributed by atoms with van der Waals surface area (Å²) in [4.78, 5) is 12.1. The molecule has 0 aromatic heterocycles. The molecule has 0 atom stereocenters. The minimum absolute atomic E-state index is 0.0694. The Hall–Kier alpha value is -0.690. The third-order valence-corrected chi connectivity index (χ3v) is 5.24. The molecule has 0 aromatic carbocycles. The van der Waals surface area contributed by atoms with E-state index in [9.17, 15) is 4.79 Å².